The van der Waals surface area contributed by atoms with Gasteiger partial charge in [0, 0.05) is 18.0 Å². The second-order valence-corrected chi connectivity index (χ2v) is 5.87. The van der Waals surface area contributed by atoms with Crippen LogP contribution in [0.25, 0.3) is 11.0 Å². The van der Waals surface area contributed by atoms with Crippen LogP contribution in [0.2, 0.25) is 0 Å². The third kappa shape index (κ3) is 2.76. The molecule has 0 spiro atoms. The van der Waals surface area contributed by atoms with Gasteiger partial charge in [0.2, 0.25) is 0 Å². The predicted octanol–water partition coefficient (Wildman–Crippen LogP) is 2.26. The van der Waals surface area contributed by atoms with E-state index in [9.17, 15) is 4.79 Å². The number of nitrogens with one attached hydrogen (secondary N) is 1. The summed E-state index contributed by atoms with van der Waals surface area (Å²) in [4.78, 5) is 18.5. The second-order valence-electron chi connectivity index (χ2n) is 5.87. The molecule has 0 unspecified atom stereocenters. The molecule has 2 aromatic heterocycles. The molecule has 1 aliphatic heterocycles. The van der Waals surface area contributed by atoms with Gasteiger partial charge in [0.05, 0.1) is 37.3 Å². The Morgan fingerprint density at radius 3 is 3.00 bits per heavy atom. The molecule has 1 saturated heterocycles. The number of rotatable bonds is 2. The topological polar surface area (TPSA) is 72.3 Å². The van der Waals surface area contributed by atoms with Crippen LogP contribution < -0.4 is 5.32 Å². The van der Waals surface area contributed by atoms with Crippen LogP contribution in [0.3, 0.4) is 0 Å². The Morgan fingerprint density at radius 2 is 2.27 bits per heavy atom. The minimum Gasteiger partial charge on any atom is -0.377 e. The zero-order valence-electron chi connectivity index (χ0n) is 13.1. The molecule has 1 fully saturated rings. The molecule has 1 N–H and O–H groups in total. The number of hydrogen-bond acceptors (Lipinski definition) is 4. The fraction of sp³-hybridized carbons (Fsp3) is 0.533. The number of anilines is 1. The number of carbonyl (C=O) groups excluding carboxylic acids is 1. The Labute approximate surface area is 129 Å². The van der Waals surface area contributed by atoms with Gasteiger partial charge in [-0.15, -0.1) is 0 Å². The van der Waals surface area contributed by atoms with Crippen LogP contribution in [0.4, 0.5) is 10.5 Å². The van der Waals surface area contributed by atoms with E-state index in [2.05, 4.69) is 29.2 Å². The summed E-state index contributed by atoms with van der Waals surface area (Å²) >= 11 is 0. The van der Waals surface area contributed by atoms with Crippen molar-refractivity contribution in [2.24, 2.45) is 0 Å². The number of ether oxygens (including phenoxy) is 1. The normalized spacial score (nSPS) is 18.9. The van der Waals surface area contributed by atoms with Crippen LogP contribution >= 0.6 is 0 Å². The lowest BCUT2D eigenvalue weighted by atomic mass is 10.2. The maximum Gasteiger partial charge on any atom is 0.322 e. The van der Waals surface area contributed by atoms with E-state index in [-0.39, 0.29) is 18.1 Å². The SMILES string of the molecule is CC(C)n1ncc2cc(NC(=O)N3CCOC[C@H]3C)cnc21. The molecular weight excluding hydrogens is 282 g/mol. The first kappa shape index (κ1) is 14.8. The van der Waals surface area contributed by atoms with Gasteiger partial charge in [0.25, 0.3) is 0 Å². The van der Waals surface area contributed by atoms with Crippen LogP contribution in [-0.2, 0) is 4.74 Å². The monoisotopic (exact) mass is 303 g/mol. The summed E-state index contributed by atoms with van der Waals surface area (Å²) in [6, 6.07) is 2.11. The number of aromatic nitrogens is 3. The van der Waals surface area contributed by atoms with Gasteiger partial charge in [-0.1, -0.05) is 0 Å². The molecule has 3 rings (SSSR count). The summed E-state index contributed by atoms with van der Waals surface area (Å²) in [7, 11) is 0. The largest absolute Gasteiger partial charge is 0.377 e. The minimum absolute atomic E-state index is 0.0779. The first-order chi connectivity index (χ1) is 10.6. The van der Waals surface area contributed by atoms with E-state index in [4.69, 9.17) is 4.74 Å². The number of pyridine rings is 1. The smallest absolute Gasteiger partial charge is 0.322 e. The lowest BCUT2D eigenvalue weighted by molar-refractivity contribution is 0.0222. The molecule has 0 bridgehead atoms. The zero-order valence-corrected chi connectivity index (χ0v) is 13.1. The van der Waals surface area contributed by atoms with Gasteiger partial charge in [0.15, 0.2) is 5.65 Å². The van der Waals surface area contributed by atoms with Gasteiger partial charge in [-0.3, -0.25) is 0 Å². The van der Waals surface area contributed by atoms with Crippen molar-refractivity contribution in [1.82, 2.24) is 19.7 Å². The maximum atomic E-state index is 12.3. The third-order valence-electron chi connectivity index (χ3n) is 3.80. The number of fused-ring (bicyclic) bond motifs is 1. The van der Waals surface area contributed by atoms with Gasteiger partial charge in [-0.05, 0) is 26.8 Å². The Balaban J connectivity index is 1.77. The van der Waals surface area contributed by atoms with Crippen molar-refractivity contribution in [3.8, 4) is 0 Å². The predicted molar refractivity (Wildman–Crippen MR) is 83.9 cm³/mol. The van der Waals surface area contributed by atoms with E-state index in [1.54, 1.807) is 17.3 Å². The molecule has 7 nitrogen and oxygen atoms in total. The van der Waals surface area contributed by atoms with Crippen LogP contribution in [0.15, 0.2) is 18.5 Å². The van der Waals surface area contributed by atoms with Crippen molar-refractivity contribution < 1.29 is 9.53 Å². The number of nitrogens with zero attached hydrogens (tertiary/aromatic N) is 4. The Bertz CT molecular complexity index is 682. The van der Waals surface area contributed by atoms with Crippen molar-refractivity contribution >= 4 is 22.8 Å². The van der Waals surface area contributed by atoms with Gasteiger partial charge in [0.1, 0.15) is 0 Å². The second kappa shape index (κ2) is 5.92. The molecule has 1 aliphatic rings. The Hall–Kier alpha value is -2.15. The molecule has 0 saturated carbocycles. The summed E-state index contributed by atoms with van der Waals surface area (Å²) in [6.07, 6.45) is 3.45. The van der Waals surface area contributed by atoms with Crippen molar-refractivity contribution in [1.29, 1.82) is 0 Å². The summed E-state index contributed by atoms with van der Waals surface area (Å²) in [5.41, 5.74) is 1.51. The number of urea groups is 1. The molecule has 7 heteroatoms. The molecule has 0 aliphatic carbocycles. The minimum atomic E-state index is -0.117. The van der Waals surface area contributed by atoms with Crippen LogP contribution in [0.5, 0.6) is 0 Å². The van der Waals surface area contributed by atoms with Crippen LogP contribution in [0.1, 0.15) is 26.8 Å². The Morgan fingerprint density at radius 1 is 1.45 bits per heavy atom. The fourth-order valence-corrected chi connectivity index (χ4v) is 2.61. The van der Waals surface area contributed by atoms with Crippen molar-refractivity contribution in [3.05, 3.63) is 18.5 Å². The summed E-state index contributed by atoms with van der Waals surface area (Å²) < 4.78 is 7.22. The van der Waals surface area contributed by atoms with E-state index in [1.807, 2.05) is 17.7 Å². The lowest BCUT2D eigenvalue weighted by Crippen LogP contribution is -2.48. The maximum absolute atomic E-state index is 12.3. The first-order valence-corrected chi connectivity index (χ1v) is 7.55. The van der Waals surface area contributed by atoms with Crippen molar-refractivity contribution in [3.63, 3.8) is 0 Å². The molecule has 0 radical (unpaired) electrons. The molecule has 118 valence electrons. The van der Waals surface area contributed by atoms with Gasteiger partial charge < -0.3 is 15.0 Å². The third-order valence-corrected chi connectivity index (χ3v) is 3.80. The number of amides is 2. The van der Waals surface area contributed by atoms with E-state index in [0.717, 1.165) is 11.0 Å². The molecule has 2 amide bonds. The lowest BCUT2D eigenvalue weighted by Gasteiger charge is -2.33. The highest BCUT2D eigenvalue weighted by Crippen LogP contribution is 2.19. The highest BCUT2D eigenvalue weighted by atomic mass is 16.5. The molecule has 3 heterocycles. The number of hydrogen-bond donors (Lipinski definition) is 1. The molecule has 22 heavy (non-hydrogen) atoms. The molecule has 0 aromatic carbocycles. The number of morpholine rings is 1. The van der Waals surface area contributed by atoms with E-state index >= 15 is 0 Å². The molecule has 2 aromatic rings. The van der Waals surface area contributed by atoms with E-state index in [0.29, 0.717) is 25.4 Å². The standard InChI is InChI=1S/C15H21N5O2/c1-10(2)20-14-12(7-17-20)6-13(8-16-14)18-15(21)19-4-5-22-9-11(19)3/h6-8,10-11H,4-5,9H2,1-3H3,(H,18,21)/t11-/m1/s1. The summed E-state index contributed by atoms with van der Waals surface area (Å²) in [6.45, 7) is 7.86. The first-order valence-electron chi connectivity index (χ1n) is 7.55. The zero-order chi connectivity index (χ0) is 15.7. The van der Waals surface area contributed by atoms with Crippen molar-refractivity contribution in [2.75, 3.05) is 25.1 Å². The highest BCUT2D eigenvalue weighted by Gasteiger charge is 2.23. The van der Waals surface area contributed by atoms with Crippen LogP contribution in [0, 0.1) is 0 Å². The Kier molecular flexibility index (Phi) is 3.98. The molecular formula is C15H21N5O2. The summed E-state index contributed by atoms with van der Waals surface area (Å²) in [5.74, 6) is 0. The van der Waals surface area contributed by atoms with Gasteiger partial charge >= 0.3 is 6.03 Å². The average molecular weight is 303 g/mol. The van der Waals surface area contributed by atoms with E-state index < -0.39 is 0 Å². The molecule has 1 atom stereocenters. The van der Waals surface area contributed by atoms with Crippen molar-refractivity contribution in [2.45, 2.75) is 32.9 Å². The van der Waals surface area contributed by atoms with Gasteiger partial charge in [-0.25, -0.2) is 14.5 Å². The quantitative estimate of drug-likeness (QED) is 0.923. The highest BCUT2D eigenvalue weighted by molar-refractivity contribution is 5.91. The van der Waals surface area contributed by atoms with E-state index in [1.165, 1.54) is 0 Å². The van der Waals surface area contributed by atoms with Crippen LogP contribution in [-0.4, -0.2) is 51.5 Å². The summed E-state index contributed by atoms with van der Waals surface area (Å²) in [5, 5.41) is 8.15. The average Bonchev–Trinajstić information content (AvgIpc) is 2.91. The fourth-order valence-electron chi connectivity index (χ4n) is 2.61. The number of carbonyl (C=O) groups is 1. The van der Waals surface area contributed by atoms with Gasteiger partial charge in [-0.2, -0.15) is 5.10 Å².